The average molecular weight is 289 g/mol. The van der Waals surface area contributed by atoms with Gasteiger partial charge in [-0.3, -0.25) is 0 Å². The molecule has 4 nitrogen and oxygen atoms in total. The molecule has 0 N–H and O–H groups in total. The number of rotatable bonds is 5. The standard InChI is InChI=1S/C15H15NO3S/c1-3-18-15(17)11-8-9-14(16-10-11)19-12-6-4-5-7-13(12)20-2/h4-10H,3H2,1-2H3. The van der Waals surface area contributed by atoms with Crippen molar-refractivity contribution >= 4 is 17.7 Å². The van der Waals surface area contributed by atoms with Gasteiger partial charge in [-0.1, -0.05) is 12.1 Å². The average Bonchev–Trinajstić information content (AvgIpc) is 2.49. The number of thioether (sulfide) groups is 1. The van der Waals surface area contributed by atoms with E-state index < -0.39 is 0 Å². The van der Waals surface area contributed by atoms with Crippen LogP contribution in [0.4, 0.5) is 0 Å². The van der Waals surface area contributed by atoms with E-state index in [1.807, 2.05) is 30.5 Å². The third-order valence-corrected chi connectivity index (χ3v) is 3.31. The first kappa shape index (κ1) is 14.4. The van der Waals surface area contributed by atoms with Crippen molar-refractivity contribution in [2.24, 2.45) is 0 Å². The molecule has 0 radical (unpaired) electrons. The number of ether oxygens (including phenoxy) is 2. The van der Waals surface area contributed by atoms with E-state index in [0.717, 1.165) is 10.6 Å². The summed E-state index contributed by atoms with van der Waals surface area (Å²) in [5.41, 5.74) is 0.414. The van der Waals surface area contributed by atoms with Crippen LogP contribution >= 0.6 is 11.8 Å². The maximum Gasteiger partial charge on any atom is 0.339 e. The van der Waals surface area contributed by atoms with Crippen molar-refractivity contribution in [2.75, 3.05) is 12.9 Å². The lowest BCUT2D eigenvalue weighted by Gasteiger charge is -2.08. The monoisotopic (exact) mass is 289 g/mol. The predicted molar refractivity (Wildman–Crippen MR) is 78.5 cm³/mol. The summed E-state index contributed by atoms with van der Waals surface area (Å²) in [5, 5.41) is 0. The number of para-hydroxylation sites is 1. The molecule has 0 aliphatic rings. The minimum atomic E-state index is -0.379. The molecule has 0 unspecified atom stereocenters. The quantitative estimate of drug-likeness (QED) is 0.619. The predicted octanol–water partition coefficient (Wildman–Crippen LogP) is 3.77. The molecule has 1 aromatic carbocycles. The number of pyridine rings is 1. The van der Waals surface area contributed by atoms with Crippen LogP contribution in [0.15, 0.2) is 47.5 Å². The van der Waals surface area contributed by atoms with Gasteiger partial charge in [0.25, 0.3) is 0 Å². The zero-order valence-corrected chi connectivity index (χ0v) is 12.1. The van der Waals surface area contributed by atoms with Gasteiger partial charge in [-0.25, -0.2) is 9.78 Å². The van der Waals surface area contributed by atoms with Crippen LogP contribution in [-0.4, -0.2) is 23.8 Å². The second-order valence-corrected chi connectivity index (χ2v) is 4.71. The number of esters is 1. The number of aromatic nitrogens is 1. The maximum absolute atomic E-state index is 11.5. The van der Waals surface area contributed by atoms with Crippen molar-refractivity contribution in [3.8, 4) is 11.6 Å². The molecule has 0 saturated carbocycles. The van der Waals surface area contributed by atoms with Gasteiger partial charge in [0.2, 0.25) is 5.88 Å². The van der Waals surface area contributed by atoms with Crippen molar-refractivity contribution in [3.63, 3.8) is 0 Å². The second-order valence-electron chi connectivity index (χ2n) is 3.86. The van der Waals surface area contributed by atoms with Gasteiger partial charge in [-0.2, -0.15) is 0 Å². The molecule has 1 heterocycles. The Bertz CT molecular complexity index is 584. The third-order valence-electron chi connectivity index (χ3n) is 2.53. The van der Waals surface area contributed by atoms with Crippen LogP contribution in [-0.2, 0) is 4.74 Å². The summed E-state index contributed by atoms with van der Waals surface area (Å²) in [5.74, 6) is 0.812. The number of hydrogen-bond acceptors (Lipinski definition) is 5. The fraction of sp³-hybridized carbons (Fsp3) is 0.200. The van der Waals surface area contributed by atoms with Gasteiger partial charge in [0, 0.05) is 17.2 Å². The first-order valence-electron chi connectivity index (χ1n) is 6.18. The molecule has 0 saturated heterocycles. The summed E-state index contributed by atoms with van der Waals surface area (Å²) in [7, 11) is 0. The van der Waals surface area contributed by atoms with Gasteiger partial charge in [0.1, 0.15) is 5.75 Å². The first-order valence-corrected chi connectivity index (χ1v) is 7.41. The highest BCUT2D eigenvalue weighted by molar-refractivity contribution is 7.98. The highest BCUT2D eigenvalue weighted by Gasteiger charge is 2.08. The Hall–Kier alpha value is -2.01. The molecule has 0 amide bonds. The lowest BCUT2D eigenvalue weighted by Crippen LogP contribution is -2.04. The summed E-state index contributed by atoms with van der Waals surface area (Å²) in [6.07, 6.45) is 3.44. The molecular weight excluding hydrogens is 274 g/mol. The minimum Gasteiger partial charge on any atom is -0.462 e. The Kier molecular flexibility index (Phi) is 5.01. The fourth-order valence-electron chi connectivity index (χ4n) is 1.59. The molecule has 0 bridgehead atoms. The summed E-state index contributed by atoms with van der Waals surface area (Å²) in [6, 6.07) is 11.0. The van der Waals surface area contributed by atoms with E-state index in [9.17, 15) is 4.79 Å². The van der Waals surface area contributed by atoms with Gasteiger partial charge < -0.3 is 9.47 Å². The number of nitrogens with zero attached hydrogens (tertiary/aromatic N) is 1. The highest BCUT2D eigenvalue weighted by atomic mass is 32.2. The van der Waals surface area contributed by atoms with Crippen molar-refractivity contribution in [1.82, 2.24) is 4.98 Å². The molecule has 0 aliphatic heterocycles. The number of carbonyl (C=O) groups excluding carboxylic acids is 1. The van der Waals surface area contributed by atoms with Gasteiger partial charge in [-0.15, -0.1) is 11.8 Å². The number of hydrogen-bond donors (Lipinski definition) is 0. The van der Waals surface area contributed by atoms with Crippen molar-refractivity contribution in [1.29, 1.82) is 0 Å². The topological polar surface area (TPSA) is 48.4 Å². The maximum atomic E-state index is 11.5. The van der Waals surface area contributed by atoms with Gasteiger partial charge in [0.15, 0.2) is 0 Å². The van der Waals surface area contributed by atoms with Gasteiger partial charge >= 0.3 is 5.97 Å². The molecule has 1 aromatic heterocycles. The van der Waals surface area contributed by atoms with Crippen LogP contribution in [0.2, 0.25) is 0 Å². The molecule has 104 valence electrons. The highest BCUT2D eigenvalue weighted by Crippen LogP contribution is 2.30. The smallest absolute Gasteiger partial charge is 0.339 e. The lowest BCUT2D eigenvalue weighted by molar-refractivity contribution is 0.0526. The van der Waals surface area contributed by atoms with Crippen molar-refractivity contribution in [2.45, 2.75) is 11.8 Å². The molecule has 2 aromatic rings. The van der Waals surface area contributed by atoms with Crippen LogP contribution in [0.5, 0.6) is 11.6 Å². The van der Waals surface area contributed by atoms with E-state index in [4.69, 9.17) is 9.47 Å². The van der Waals surface area contributed by atoms with Crippen LogP contribution in [0.1, 0.15) is 17.3 Å². The molecule has 5 heteroatoms. The van der Waals surface area contributed by atoms with E-state index in [1.165, 1.54) is 6.20 Å². The Morgan fingerprint density at radius 2 is 2.05 bits per heavy atom. The van der Waals surface area contributed by atoms with Gasteiger partial charge in [0.05, 0.1) is 12.2 Å². The van der Waals surface area contributed by atoms with E-state index >= 15 is 0 Å². The van der Waals surface area contributed by atoms with E-state index in [1.54, 1.807) is 30.8 Å². The summed E-state index contributed by atoms with van der Waals surface area (Å²) < 4.78 is 10.6. The SMILES string of the molecule is CCOC(=O)c1ccc(Oc2ccccc2SC)nc1. The van der Waals surface area contributed by atoms with Crippen molar-refractivity contribution < 1.29 is 14.3 Å². The van der Waals surface area contributed by atoms with Crippen LogP contribution in [0, 0.1) is 0 Å². The molecular formula is C15H15NO3S. The summed E-state index contributed by atoms with van der Waals surface area (Å²) in [4.78, 5) is 16.7. The Morgan fingerprint density at radius 1 is 1.25 bits per heavy atom. The van der Waals surface area contributed by atoms with Crippen LogP contribution in [0.3, 0.4) is 0 Å². The van der Waals surface area contributed by atoms with E-state index in [0.29, 0.717) is 18.1 Å². The number of benzene rings is 1. The van der Waals surface area contributed by atoms with Crippen LogP contribution in [0.25, 0.3) is 0 Å². The molecule has 0 spiro atoms. The molecule has 2 rings (SSSR count). The van der Waals surface area contributed by atoms with Gasteiger partial charge in [-0.05, 0) is 31.4 Å². The Balaban J connectivity index is 2.13. The molecule has 0 atom stereocenters. The zero-order valence-electron chi connectivity index (χ0n) is 11.3. The summed E-state index contributed by atoms with van der Waals surface area (Å²) >= 11 is 1.60. The molecule has 0 fully saturated rings. The normalized spacial score (nSPS) is 10.1. The Labute approximate surface area is 122 Å². The summed E-state index contributed by atoms with van der Waals surface area (Å²) in [6.45, 7) is 2.11. The third kappa shape index (κ3) is 3.51. The van der Waals surface area contributed by atoms with E-state index in [-0.39, 0.29) is 5.97 Å². The first-order chi connectivity index (χ1) is 9.74. The Morgan fingerprint density at radius 3 is 2.70 bits per heavy atom. The number of carbonyl (C=O) groups is 1. The van der Waals surface area contributed by atoms with Crippen molar-refractivity contribution in [3.05, 3.63) is 48.2 Å². The second kappa shape index (κ2) is 6.96. The van der Waals surface area contributed by atoms with E-state index in [2.05, 4.69) is 4.98 Å². The largest absolute Gasteiger partial charge is 0.462 e. The zero-order chi connectivity index (χ0) is 14.4. The molecule has 20 heavy (non-hydrogen) atoms. The van der Waals surface area contributed by atoms with Crippen LogP contribution < -0.4 is 4.74 Å². The minimum absolute atomic E-state index is 0.345. The molecule has 0 aliphatic carbocycles. The fourth-order valence-corrected chi connectivity index (χ4v) is 2.12. The lowest BCUT2D eigenvalue weighted by atomic mass is 10.3.